The lowest BCUT2D eigenvalue weighted by Crippen LogP contribution is -2.14. The molecule has 26 heavy (non-hydrogen) atoms. The molecular weight excluding hydrogens is 368 g/mol. The van der Waals surface area contributed by atoms with Crippen LogP contribution in [0.25, 0.3) is 0 Å². The standard InChI is InChI=1S/C19H18N2O3S2/c1-13-2-4-15(5-3-13)20-17(22)9-18-21-16(12-26-18)10-24-19(23)8-14-6-7-25-11-14/h2-7,11-12H,8-10H2,1H3,(H,20,22). The minimum atomic E-state index is -0.282. The normalized spacial score (nSPS) is 10.5. The molecule has 1 aromatic carbocycles. The van der Waals surface area contributed by atoms with E-state index in [-0.39, 0.29) is 31.3 Å². The Morgan fingerprint density at radius 1 is 1.12 bits per heavy atom. The monoisotopic (exact) mass is 386 g/mol. The van der Waals surface area contributed by atoms with Crippen molar-refractivity contribution in [1.29, 1.82) is 0 Å². The van der Waals surface area contributed by atoms with Gasteiger partial charge in [0.25, 0.3) is 0 Å². The van der Waals surface area contributed by atoms with Crippen LogP contribution in [0.4, 0.5) is 5.69 Å². The number of ether oxygens (including phenoxy) is 1. The molecule has 134 valence electrons. The van der Waals surface area contributed by atoms with Crippen molar-refractivity contribution in [3.63, 3.8) is 0 Å². The first-order valence-corrected chi connectivity index (χ1v) is 9.87. The van der Waals surface area contributed by atoms with Crippen LogP contribution in [0.3, 0.4) is 0 Å². The second-order valence-corrected chi connectivity index (χ2v) is 7.52. The molecule has 0 fully saturated rings. The Kier molecular flexibility index (Phi) is 6.14. The van der Waals surface area contributed by atoms with Crippen LogP contribution in [0.1, 0.15) is 21.8 Å². The van der Waals surface area contributed by atoms with Gasteiger partial charge < -0.3 is 10.1 Å². The molecule has 0 aliphatic heterocycles. The highest BCUT2D eigenvalue weighted by atomic mass is 32.1. The number of amides is 1. The molecule has 7 heteroatoms. The van der Waals surface area contributed by atoms with E-state index in [0.717, 1.165) is 16.8 Å². The number of nitrogens with zero attached hydrogens (tertiary/aromatic N) is 1. The number of anilines is 1. The highest BCUT2D eigenvalue weighted by molar-refractivity contribution is 7.09. The van der Waals surface area contributed by atoms with Gasteiger partial charge >= 0.3 is 5.97 Å². The van der Waals surface area contributed by atoms with Gasteiger partial charge in [0.05, 0.1) is 18.5 Å². The molecule has 5 nitrogen and oxygen atoms in total. The first-order valence-electron chi connectivity index (χ1n) is 8.05. The highest BCUT2D eigenvalue weighted by Crippen LogP contribution is 2.14. The van der Waals surface area contributed by atoms with E-state index in [1.54, 1.807) is 11.3 Å². The summed E-state index contributed by atoms with van der Waals surface area (Å²) >= 11 is 2.94. The van der Waals surface area contributed by atoms with Crippen molar-refractivity contribution in [3.8, 4) is 0 Å². The third-order valence-electron chi connectivity index (χ3n) is 3.56. The molecule has 0 saturated carbocycles. The largest absolute Gasteiger partial charge is 0.459 e. The van der Waals surface area contributed by atoms with Gasteiger partial charge in [-0.2, -0.15) is 11.3 Å². The van der Waals surface area contributed by atoms with E-state index in [4.69, 9.17) is 4.74 Å². The van der Waals surface area contributed by atoms with Gasteiger partial charge in [0.15, 0.2) is 0 Å². The predicted octanol–water partition coefficient (Wildman–Crippen LogP) is 3.98. The fraction of sp³-hybridized carbons (Fsp3) is 0.211. The summed E-state index contributed by atoms with van der Waals surface area (Å²) in [4.78, 5) is 28.2. The number of aryl methyl sites for hydroxylation is 1. The van der Waals surface area contributed by atoms with Gasteiger partial charge in [0, 0.05) is 11.1 Å². The van der Waals surface area contributed by atoms with Crippen molar-refractivity contribution in [2.75, 3.05) is 5.32 Å². The Bertz CT molecular complexity index is 871. The zero-order chi connectivity index (χ0) is 18.4. The molecule has 0 spiro atoms. The number of nitrogens with one attached hydrogen (secondary N) is 1. The lowest BCUT2D eigenvalue weighted by molar-refractivity contribution is -0.144. The second kappa shape index (κ2) is 8.73. The van der Waals surface area contributed by atoms with Gasteiger partial charge in [-0.3, -0.25) is 9.59 Å². The van der Waals surface area contributed by atoms with Crippen LogP contribution in [0.15, 0.2) is 46.5 Å². The van der Waals surface area contributed by atoms with Crippen molar-refractivity contribution in [1.82, 2.24) is 4.98 Å². The van der Waals surface area contributed by atoms with Gasteiger partial charge in [-0.05, 0) is 41.4 Å². The number of thiophene rings is 1. The van der Waals surface area contributed by atoms with Gasteiger partial charge in [-0.15, -0.1) is 11.3 Å². The predicted molar refractivity (Wildman–Crippen MR) is 103 cm³/mol. The minimum Gasteiger partial charge on any atom is -0.459 e. The number of rotatable bonds is 7. The van der Waals surface area contributed by atoms with Crippen molar-refractivity contribution in [2.24, 2.45) is 0 Å². The molecule has 1 N–H and O–H groups in total. The van der Waals surface area contributed by atoms with Crippen molar-refractivity contribution >= 4 is 40.2 Å². The fourth-order valence-electron chi connectivity index (χ4n) is 2.24. The number of hydrogen-bond donors (Lipinski definition) is 1. The van der Waals surface area contributed by atoms with Gasteiger partial charge in [-0.1, -0.05) is 17.7 Å². The maximum Gasteiger partial charge on any atom is 0.310 e. The maximum absolute atomic E-state index is 12.1. The molecule has 0 atom stereocenters. The Balaban J connectivity index is 1.45. The van der Waals surface area contributed by atoms with Crippen LogP contribution in [0, 0.1) is 6.92 Å². The number of aromatic nitrogens is 1. The molecule has 0 radical (unpaired) electrons. The van der Waals surface area contributed by atoms with E-state index in [1.807, 2.05) is 53.4 Å². The van der Waals surface area contributed by atoms with E-state index in [1.165, 1.54) is 11.3 Å². The summed E-state index contributed by atoms with van der Waals surface area (Å²) in [6.45, 7) is 2.12. The quantitative estimate of drug-likeness (QED) is 0.624. The number of esters is 1. The van der Waals surface area contributed by atoms with Crippen LogP contribution in [0.2, 0.25) is 0 Å². The summed E-state index contributed by atoms with van der Waals surface area (Å²) in [6, 6.07) is 9.53. The van der Waals surface area contributed by atoms with Gasteiger partial charge in [0.2, 0.25) is 5.91 Å². The Morgan fingerprint density at radius 2 is 1.92 bits per heavy atom. The van der Waals surface area contributed by atoms with Crippen molar-refractivity contribution in [3.05, 3.63) is 68.3 Å². The maximum atomic E-state index is 12.1. The van der Waals surface area contributed by atoms with Crippen LogP contribution in [-0.4, -0.2) is 16.9 Å². The van der Waals surface area contributed by atoms with E-state index >= 15 is 0 Å². The number of benzene rings is 1. The zero-order valence-electron chi connectivity index (χ0n) is 14.2. The molecule has 2 aromatic heterocycles. The third kappa shape index (κ3) is 5.50. The number of hydrogen-bond acceptors (Lipinski definition) is 6. The summed E-state index contributed by atoms with van der Waals surface area (Å²) in [5.41, 5.74) is 3.51. The minimum absolute atomic E-state index is 0.121. The van der Waals surface area contributed by atoms with Crippen molar-refractivity contribution < 1.29 is 14.3 Å². The molecule has 0 aliphatic rings. The second-order valence-electron chi connectivity index (χ2n) is 5.79. The van der Waals surface area contributed by atoms with E-state index < -0.39 is 0 Å². The molecule has 0 aliphatic carbocycles. The van der Waals surface area contributed by atoms with E-state index in [0.29, 0.717) is 10.7 Å². The molecule has 0 saturated heterocycles. The molecule has 0 unspecified atom stereocenters. The fourth-order valence-corrected chi connectivity index (χ4v) is 3.69. The van der Waals surface area contributed by atoms with Crippen LogP contribution < -0.4 is 5.32 Å². The van der Waals surface area contributed by atoms with Crippen LogP contribution in [-0.2, 0) is 33.8 Å². The van der Waals surface area contributed by atoms with Crippen LogP contribution >= 0.6 is 22.7 Å². The summed E-state index contributed by atoms with van der Waals surface area (Å²) in [5, 5.41) is 9.20. The summed E-state index contributed by atoms with van der Waals surface area (Å²) in [6.07, 6.45) is 0.459. The smallest absolute Gasteiger partial charge is 0.310 e. The third-order valence-corrected chi connectivity index (χ3v) is 5.19. The van der Waals surface area contributed by atoms with Gasteiger partial charge in [0.1, 0.15) is 11.6 Å². The molecule has 0 bridgehead atoms. The van der Waals surface area contributed by atoms with Gasteiger partial charge in [-0.25, -0.2) is 4.98 Å². The van der Waals surface area contributed by atoms with Crippen molar-refractivity contribution in [2.45, 2.75) is 26.4 Å². The lowest BCUT2D eigenvalue weighted by Gasteiger charge is -2.04. The molecule has 1 amide bonds. The first-order chi connectivity index (χ1) is 12.6. The molecule has 2 heterocycles. The molecule has 3 rings (SSSR count). The highest BCUT2D eigenvalue weighted by Gasteiger charge is 2.11. The summed E-state index contributed by atoms with van der Waals surface area (Å²) in [5.74, 6) is -0.403. The first kappa shape index (κ1) is 18.3. The SMILES string of the molecule is Cc1ccc(NC(=O)Cc2nc(COC(=O)Cc3ccsc3)cs2)cc1. The lowest BCUT2D eigenvalue weighted by atomic mass is 10.2. The van der Waals surface area contributed by atoms with E-state index in [2.05, 4.69) is 10.3 Å². The number of carbonyl (C=O) groups excluding carboxylic acids is 2. The topological polar surface area (TPSA) is 68.3 Å². The molecule has 3 aromatic rings. The van der Waals surface area contributed by atoms with Crippen LogP contribution in [0.5, 0.6) is 0 Å². The number of thiazole rings is 1. The summed E-state index contributed by atoms with van der Waals surface area (Å²) in [7, 11) is 0. The average Bonchev–Trinajstić information content (AvgIpc) is 3.27. The Hall–Kier alpha value is -2.51. The average molecular weight is 386 g/mol. The summed E-state index contributed by atoms with van der Waals surface area (Å²) < 4.78 is 5.24. The molecular formula is C19H18N2O3S2. The Morgan fingerprint density at radius 3 is 2.65 bits per heavy atom. The number of carbonyl (C=O) groups is 2. The van der Waals surface area contributed by atoms with E-state index in [9.17, 15) is 9.59 Å². The zero-order valence-corrected chi connectivity index (χ0v) is 15.9. The Labute approximate surface area is 159 Å².